The highest BCUT2D eigenvalue weighted by Crippen LogP contribution is 2.38. The smallest absolute Gasteiger partial charge is 0.268 e. The molecular formula is C19H22N4O4S. The van der Waals surface area contributed by atoms with Gasteiger partial charge in [-0.25, -0.2) is 0 Å². The molecule has 1 amide bonds. The second kappa shape index (κ2) is 10.3. The number of benzene rings is 1. The number of carbonyl (C=O) groups is 1. The third kappa shape index (κ3) is 5.20. The van der Waals surface area contributed by atoms with Gasteiger partial charge in [0.15, 0.2) is 11.5 Å². The lowest BCUT2D eigenvalue weighted by molar-refractivity contribution is -0.112. The summed E-state index contributed by atoms with van der Waals surface area (Å²) in [6.45, 7) is 2.09. The number of aryl methyl sites for hydroxylation is 1. The summed E-state index contributed by atoms with van der Waals surface area (Å²) in [4.78, 5) is 12.5. The predicted octanol–water partition coefficient (Wildman–Crippen LogP) is 3.45. The molecule has 148 valence electrons. The molecule has 1 aromatic heterocycles. The molecule has 1 N–H and O–H groups in total. The van der Waals surface area contributed by atoms with Gasteiger partial charge in [-0.15, -0.1) is 10.2 Å². The van der Waals surface area contributed by atoms with Crippen LogP contribution in [0.4, 0.5) is 5.13 Å². The van der Waals surface area contributed by atoms with Crippen molar-refractivity contribution < 1.29 is 19.0 Å². The fourth-order valence-corrected chi connectivity index (χ4v) is 3.17. The molecule has 1 heterocycles. The summed E-state index contributed by atoms with van der Waals surface area (Å²) in [7, 11) is 4.49. The fraction of sp³-hybridized carbons (Fsp3) is 0.368. The third-order valence-electron chi connectivity index (χ3n) is 3.79. The van der Waals surface area contributed by atoms with Gasteiger partial charge in [-0.2, -0.15) is 5.26 Å². The molecule has 0 aliphatic rings. The number of amides is 1. The summed E-state index contributed by atoms with van der Waals surface area (Å²) < 4.78 is 15.9. The molecule has 0 saturated carbocycles. The average Bonchev–Trinajstić information content (AvgIpc) is 3.16. The van der Waals surface area contributed by atoms with E-state index in [9.17, 15) is 10.1 Å². The Bertz CT molecular complexity index is 877. The second-order valence-electron chi connectivity index (χ2n) is 5.69. The molecule has 0 bridgehead atoms. The zero-order valence-electron chi connectivity index (χ0n) is 16.2. The molecule has 0 atom stereocenters. The molecule has 0 aliphatic heterocycles. The molecule has 9 heteroatoms. The highest BCUT2D eigenvalue weighted by Gasteiger charge is 2.16. The normalized spacial score (nSPS) is 10.9. The molecule has 0 radical (unpaired) electrons. The van der Waals surface area contributed by atoms with Crippen LogP contribution in [0.3, 0.4) is 0 Å². The van der Waals surface area contributed by atoms with E-state index >= 15 is 0 Å². The van der Waals surface area contributed by atoms with Gasteiger partial charge in [0.05, 0.1) is 21.3 Å². The Morgan fingerprint density at radius 1 is 1.21 bits per heavy atom. The van der Waals surface area contributed by atoms with E-state index in [-0.39, 0.29) is 5.57 Å². The van der Waals surface area contributed by atoms with E-state index in [0.717, 1.165) is 24.3 Å². The van der Waals surface area contributed by atoms with Crippen LogP contribution in [0, 0.1) is 11.3 Å². The first-order chi connectivity index (χ1) is 13.6. The number of rotatable bonds is 9. The van der Waals surface area contributed by atoms with E-state index in [1.54, 1.807) is 12.1 Å². The first-order valence-corrected chi connectivity index (χ1v) is 9.43. The van der Waals surface area contributed by atoms with E-state index in [4.69, 9.17) is 14.2 Å². The Hall–Kier alpha value is -3.12. The predicted molar refractivity (Wildman–Crippen MR) is 107 cm³/mol. The largest absolute Gasteiger partial charge is 0.493 e. The van der Waals surface area contributed by atoms with Crippen molar-refractivity contribution in [2.45, 2.75) is 26.2 Å². The number of nitriles is 1. The van der Waals surface area contributed by atoms with Gasteiger partial charge in [-0.05, 0) is 30.2 Å². The van der Waals surface area contributed by atoms with Gasteiger partial charge >= 0.3 is 0 Å². The summed E-state index contributed by atoms with van der Waals surface area (Å²) in [6, 6.07) is 5.21. The SMILES string of the molecule is CCCCc1nnc(NC(=O)/C(C#N)=C\c2cc(OC)c(OC)c(OC)c2)s1. The van der Waals surface area contributed by atoms with Crippen LogP contribution in [0.25, 0.3) is 6.08 Å². The molecule has 28 heavy (non-hydrogen) atoms. The zero-order chi connectivity index (χ0) is 20.5. The van der Waals surface area contributed by atoms with E-state index in [1.165, 1.54) is 38.7 Å². The summed E-state index contributed by atoms with van der Waals surface area (Å²) in [5.41, 5.74) is 0.474. The van der Waals surface area contributed by atoms with Crippen molar-refractivity contribution in [1.82, 2.24) is 10.2 Å². The van der Waals surface area contributed by atoms with Crippen molar-refractivity contribution in [1.29, 1.82) is 5.26 Å². The van der Waals surface area contributed by atoms with Gasteiger partial charge in [0.1, 0.15) is 16.6 Å². The topological polar surface area (TPSA) is 106 Å². The number of unbranched alkanes of at least 4 members (excludes halogenated alkanes) is 1. The Kier molecular flexibility index (Phi) is 7.77. The maximum Gasteiger partial charge on any atom is 0.268 e. The van der Waals surface area contributed by atoms with Gasteiger partial charge in [-0.1, -0.05) is 24.7 Å². The first-order valence-electron chi connectivity index (χ1n) is 8.61. The minimum Gasteiger partial charge on any atom is -0.493 e. The standard InChI is InChI=1S/C19H22N4O4S/c1-5-6-7-16-22-23-19(28-16)21-18(24)13(11-20)8-12-9-14(25-2)17(27-4)15(10-12)26-3/h8-10H,5-7H2,1-4H3,(H,21,23,24)/b13-8-. The van der Waals surface area contributed by atoms with Crippen molar-refractivity contribution in [2.75, 3.05) is 26.6 Å². The lowest BCUT2D eigenvalue weighted by atomic mass is 10.1. The Balaban J connectivity index is 2.24. The molecule has 0 saturated heterocycles. The van der Waals surface area contributed by atoms with Crippen LogP contribution in [0.5, 0.6) is 17.2 Å². The fourth-order valence-electron chi connectivity index (χ4n) is 2.40. The number of nitrogens with one attached hydrogen (secondary N) is 1. The van der Waals surface area contributed by atoms with Crippen molar-refractivity contribution in [3.8, 4) is 23.3 Å². The third-order valence-corrected chi connectivity index (χ3v) is 4.69. The van der Waals surface area contributed by atoms with E-state index in [2.05, 4.69) is 22.4 Å². The molecule has 0 spiro atoms. The van der Waals surface area contributed by atoms with E-state index < -0.39 is 5.91 Å². The monoisotopic (exact) mass is 402 g/mol. The minimum atomic E-state index is -0.561. The maximum atomic E-state index is 12.5. The van der Waals surface area contributed by atoms with Gasteiger partial charge in [0.25, 0.3) is 5.91 Å². The van der Waals surface area contributed by atoms with E-state index in [1.807, 2.05) is 6.07 Å². The number of carbonyl (C=O) groups excluding carboxylic acids is 1. The molecular weight excluding hydrogens is 380 g/mol. The van der Waals surface area contributed by atoms with E-state index in [0.29, 0.717) is 27.9 Å². The zero-order valence-corrected chi connectivity index (χ0v) is 17.1. The van der Waals surface area contributed by atoms with Crippen LogP contribution >= 0.6 is 11.3 Å². The molecule has 1 aromatic carbocycles. The number of hydrogen-bond acceptors (Lipinski definition) is 8. The van der Waals surface area contributed by atoms with Crippen LogP contribution in [-0.4, -0.2) is 37.4 Å². The lowest BCUT2D eigenvalue weighted by Crippen LogP contribution is -2.13. The number of anilines is 1. The number of hydrogen-bond donors (Lipinski definition) is 1. The Morgan fingerprint density at radius 3 is 2.43 bits per heavy atom. The maximum absolute atomic E-state index is 12.5. The molecule has 0 aliphatic carbocycles. The van der Waals surface area contributed by atoms with Gasteiger partial charge in [0.2, 0.25) is 10.9 Å². The average molecular weight is 402 g/mol. The number of nitrogens with zero attached hydrogens (tertiary/aromatic N) is 3. The van der Waals surface area contributed by atoms with Crippen molar-refractivity contribution in [2.24, 2.45) is 0 Å². The molecule has 8 nitrogen and oxygen atoms in total. The van der Waals surface area contributed by atoms with Gasteiger partial charge in [-0.3, -0.25) is 10.1 Å². The quantitative estimate of drug-likeness (QED) is 0.506. The van der Waals surface area contributed by atoms with Crippen molar-refractivity contribution in [3.63, 3.8) is 0 Å². The first kappa shape index (κ1) is 21.2. The number of methoxy groups -OCH3 is 3. The molecule has 2 aromatic rings. The van der Waals surface area contributed by atoms with Gasteiger partial charge in [0, 0.05) is 6.42 Å². The molecule has 0 unspecified atom stereocenters. The molecule has 2 rings (SSSR count). The summed E-state index contributed by atoms with van der Waals surface area (Å²) in [6.07, 6.45) is 4.32. The second-order valence-corrected chi connectivity index (χ2v) is 6.75. The highest BCUT2D eigenvalue weighted by molar-refractivity contribution is 7.15. The van der Waals surface area contributed by atoms with Crippen LogP contribution in [-0.2, 0) is 11.2 Å². The van der Waals surface area contributed by atoms with Crippen LogP contribution in [0.1, 0.15) is 30.3 Å². The number of ether oxygens (including phenoxy) is 3. The van der Waals surface area contributed by atoms with Crippen LogP contribution in [0.15, 0.2) is 17.7 Å². The van der Waals surface area contributed by atoms with Crippen LogP contribution < -0.4 is 19.5 Å². The summed E-state index contributed by atoms with van der Waals surface area (Å²) in [5.74, 6) is 0.721. The minimum absolute atomic E-state index is 0.0837. The summed E-state index contributed by atoms with van der Waals surface area (Å²) in [5, 5.41) is 21.2. The summed E-state index contributed by atoms with van der Waals surface area (Å²) >= 11 is 1.31. The molecule has 0 fully saturated rings. The van der Waals surface area contributed by atoms with Gasteiger partial charge < -0.3 is 14.2 Å². The van der Waals surface area contributed by atoms with Crippen molar-refractivity contribution >= 4 is 28.5 Å². The Morgan fingerprint density at radius 2 is 1.89 bits per heavy atom. The van der Waals surface area contributed by atoms with Crippen molar-refractivity contribution in [3.05, 3.63) is 28.3 Å². The Labute approximate surface area is 167 Å². The van der Waals surface area contributed by atoms with Crippen LogP contribution in [0.2, 0.25) is 0 Å². The lowest BCUT2D eigenvalue weighted by Gasteiger charge is -2.13. The highest BCUT2D eigenvalue weighted by atomic mass is 32.1. The number of aromatic nitrogens is 2.